The Hall–Kier alpha value is -4.40. The Morgan fingerprint density at radius 2 is 1.77 bits per heavy atom. The standard InChI is InChI=1S/C29H36N8O6S/c1-5-42-24-18-30-17-21(33-24)19-6-9-22(32-16-19)35-26(38)29(11-14-37(15-12-29)27(39)43-28(2,3)4)25-31-13-10-23(34-25)36-44(40,41)20-7-8-20/h6,9-10,13,16-18,20H,5,7-8,11-12,14-15H2,1-4H3,(H,31,34,36)(H,32,35,38). The largest absolute Gasteiger partial charge is 0.477 e. The van der Waals surface area contributed by atoms with E-state index in [1.165, 1.54) is 18.5 Å². The lowest BCUT2D eigenvalue weighted by Gasteiger charge is -2.39. The van der Waals surface area contributed by atoms with Crippen molar-refractivity contribution >= 4 is 33.7 Å². The maximum Gasteiger partial charge on any atom is 0.410 e. The SMILES string of the molecule is CCOc1cncc(-c2ccc(NC(=O)C3(c4nccc(NS(=O)(=O)C5CC5)n4)CCN(C(=O)OC(C)(C)C)CC3)nc2)n1. The van der Waals surface area contributed by atoms with Gasteiger partial charge in [0.2, 0.25) is 21.8 Å². The van der Waals surface area contributed by atoms with Crippen LogP contribution < -0.4 is 14.8 Å². The number of ether oxygens (including phenoxy) is 2. The number of nitrogens with one attached hydrogen (secondary N) is 2. The number of nitrogens with zero attached hydrogens (tertiary/aromatic N) is 6. The first-order valence-corrected chi connectivity index (χ1v) is 16.0. The number of carbonyl (C=O) groups excluding carboxylic acids is 2. The van der Waals surface area contributed by atoms with E-state index in [1.807, 2.05) is 6.92 Å². The van der Waals surface area contributed by atoms with Crippen LogP contribution >= 0.6 is 0 Å². The highest BCUT2D eigenvalue weighted by molar-refractivity contribution is 7.93. The lowest BCUT2D eigenvalue weighted by molar-refractivity contribution is -0.123. The Kier molecular flexibility index (Phi) is 8.68. The number of pyridine rings is 1. The number of likely N-dealkylation sites (tertiary alicyclic amines) is 1. The Labute approximate surface area is 256 Å². The van der Waals surface area contributed by atoms with Crippen molar-refractivity contribution in [2.45, 2.75) is 69.6 Å². The fraction of sp³-hybridized carbons (Fsp3) is 0.483. The number of hydrogen-bond donors (Lipinski definition) is 2. The molecule has 1 saturated carbocycles. The van der Waals surface area contributed by atoms with Gasteiger partial charge in [-0.3, -0.25) is 14.5 Å². The van der Waals surface area contributed by atoms with E-state index < -0.39 is 38.3 Å². The first-order chi connectivity index (χ1) is 20.9. The number of rotatable bonds is 9. The van der Waals surface area contributed by atoms with E-state index in [0.29, 0.717) is 36.6 Å². The molecule has 0 atom stereocenters. The molecule has 0 radical (unpaired) electrons. The summed E-state index contributed by atoms with van der Waals surface area (Å²) in [5.74, 6) is 0.480. The molecule has 44 heavy (non-hydrogen) atoms. The minimum absolute atomic E-state index is 0.0847. The maximum absolute atomic E-state index is 14.0. The van der Waals surface area contributed by atoms with E-state index in [4.69, 9.17) is 9.47 Å². The zero-order chi connectivity index (χ0) is 31.5. The summed E-state index contributed by atoms with van der Waals surface area (Å²) in [6.45, 7) is 8.07. The molecule has 2 N–H and O–H groups in total. The summed E-state index contributed by atoms with van der Waals surface area (Å²) < 4.78 is 38.7. The van der Waals surface area contributed by atoms with E-state index in [0.717, 1.165) is 0 Å². The van der Waals surface area contributed by atoms with Crippen molar-refractivity contribution in [2.75, 3.05) is 29.7 Å². The summed E-state index contributed by atoms with van der Waals surface area (Å²) in [5, 5.41) is 2.43. The second-order valence-electron chi connectivity index (χ2n) is 11.7. The molecule has 0 bridgehead atoms. The third kappa shape index (κ3) is 7.21. The number of carbonyl (C=O) groups is 2. The Balaban J connectivity index is 1.39. The van der Waals surface area contributed by atoms with Crippen molar-refractivity contribution in [3.63, 3.8) is 0 Å². The lowest BCUT2D eigenvalue weighted by atomic mass is 9.76. The van der Waals surface area contributed by atoms with Crippen LogP contribution in [-0.4, -0.2) is 80.8 Å². The highest BCUT2D eigenvalue weighted by Gasteiger charge is 2.47. The van der Waals surface area contributed by atoms with Crippen molar-refractivity contribution in [1.82, 2.24) is 29.8 Å². The first-order valence-electron chi connectivity index (χ1n) is 14.4. The second kappa shape index (κ2) is 12.3. The van der Waals surface area contributed by atoms with Crippen LogP contribution in [0.1, 0.15) is 59.2 Å². The van der Waals surface area contributed by atoms with Gasteiger partial charge in [-0.25, -0.2) is 33.1 Å². The molecule has 4 heterocycles. The number of aromatic nitrogens is 5. The molecule has 2 fully saturated rings. The van der Waals surface area contributed by atoms with Gasteiger partial charge in [0.1, 0.15) is 28.5 Å². The predicted molar refractivity (Wildman–Crippen MR) is 161 cm³/mol. The van der Waals surface area contributed by atoms with Gasteiger partial charge in [0.05, 0.1) is 29.9 Å². The maximum atomic E-state index is 14.0. The highest BCUT2D eigenvalue weighted by atomic mass is 32.2. The topological polar surface area (TPSA) is 178 Å². The summed E-state index contributed by atoms with van der Waals surface area (Å²) in [4.78, 5) is 50.2. The van der Waals surface area contributed by atoms with E-state index in [2.05, 4.69) is 35.0 Å². The number of hydrogen-bond acceptors (Lipinski definition) is 11. The molecule has 1 aliphatic heterocycles. The van der Waals surface area contributed by atoms with Gasteiger partial charge in [0.25, 0.3) is 0 Å². The van der Waals surface area contributed by atoms with Crippen LogP contribution in [0.5, 0.6) is 5.88 Å². The third-order valence-corrected chi connectivity index (χ3v) is 9.05. The van der Waals surface area contributed by atoms with Crippen molar-refractivity contribution < 1.29 is 27.5 Å². The van der Waals surface area contributed by atoms with Crippen molar-refractivity contribution in [3.05, 3.63) is 48.8 Å². The zero-order valence-corrected chi connectivity index (χ0v) is 25.9. The summed E-state index contributed by atoms with van der Waals surface area (Å²) in [5.41, 5.74) is -0.716. The first kappa shape index (κ1) is 31.0. The summed E-state index contributed by atoms with van der Waals surface area (Å²) in [6.07, 6.45) is 7.16. The van der Waals surface area contributed by atoms with Gasteiger partial charge in [-0.05, 0) is 71.6 Å². The van der Waals surface area contributed by atoms with E-state index >= 15 is 0 Å². The fourth-order valence-corrected chi connectivity index (χ4v) is 6.09. The average molecular weight is 625 g/mol. The highest BCUT2D eigenvalue weighted by Crippen LogP contribution is 2.36. The molecule has 3 aromatic heterocycles. The van der Waals surface area contributed by atoms with Gasteiger partial charge >= 0.3 is 6.09 Å². The van der Waals surface area contributed by atoms with E-state index in [-0.39, 0.29) is 43.4 Å². The summed E-state index contributed by atoms with van der Waals surface area (Å²) in [7, 11) is -3.58. The van der Waals surface area contributed by atoms with Gasteiger partial charge < -0.3 is 19.7 Å². The lowest BCUT2D eigenvalue weighted by Crippen LogP contribution is -2.52. The van der Waals surface area contributed by atoms with Crippen LogP contribution in [0, 0.1) is 0 Å². The minimum atomic E-state index is -3.58. The van der Waals surface area contributed by atoms with Crippen LogP contribution in [-0.2, 0) is 25.0 Å². The fourth-order valence-electron chi connectivity index (χ4n) is 4.76. The minimum Gasteiger partial charge on any atom is -0.477 e. The monoisotopic (exact) mass is 624 g/mol. The number of anilines is 2. The molecule has 0 unspecified atom stereocenters. The Morgan fingerprint density at radius 1 is 1.02 bits per heavy atom. The third-order valence-electron chi connectivity index (χ3n) is 7.20. The molecule has 1 saturated heterocycles. The molecule has 1 aliphatic carbocycles. The second-order valence-corrected chi connectivity index (χ2v) is 13.7. The van der Waals surface area contributed by atoms with Crippen LogP contribution in [0.2, 0.25) is 0 Å². The molecule has 14 nitrogen and oxygen atoms in total. The van der Waals surface area contributed by atoms with Gasteiger partial charge in [0, 0.05) is 31.0 Å². The molecular formula is C29H36N8O6S. The van der Waals surface area contributed by atoms with Crippen LogP contribution in [0.25, 0.3) is 11.3 Å². The molecular weight excluding hydrogens is 588 g/mol. The van der Waals surface area contributed by atoms with Crippen LogP contribution in [0.4, 0.5) is 16.4 Å². The van der Waals surface area contributed by atoms with Gasteiger partial charge in [-0.1, -0.05) is 0 Å². The quantitative estimate of drug-likeness (QED) is 0.356. The van der Waals surface area contributed by atoms with Crippen molar-refractivity contribution in [2.24, 2.45) is 0 Å². The Bertz CT molecular complexity index is 1620. The molecule has 0 aromatic carbocycles. The average Bonchev–Trinajstić information content (AvgIpc) is 3.84. The number of piperidine rings is 1. The number of amides is 2. The number of sulfonamides is 1. The normalized spacial score (nSPS) is 16.6. The smallest absolute Gasteiger partial charge is 0.410 e. The van der Waals surface area contributed by atoms with Gasteiger partial charge in [-0.2, -0.15) is 0 Å². The van der Waals surface area contributed by atoms with Crippen LogP contribution in [0.15, 0.2) is 43.0 Å². The molecule has 0 spiro atoms. The molecule has 5 rings (SSSR count). The van der Waals surface area contributed by atoms with Crippen LogP contribution in [0.3, 0.4) is 0 Å². The molecule has 15 heteroatoms. The van der Waals surface area contributed by atoms with Gasteiger partial charge in [0.15, 0.2) is 0 Å². The molecule has 2 aliphatic rings. The van der Waals surface area contributed by atoms with Crippen molar-refractivity contribution in [1.29, 1.82) is 0 Å². The summed E-state index contributed by atoms with van der Waals surface area (Å²) >= 11 is 0. The van der Waals surface area contributed by atoms with Crippen molar-refractivity contribution in [3.8, 4) is 17.1 Å². The molecule has 2 amide bonds. The zero-order valence-electron chi connectivity index (χ0n) is 25.1. The summed E-state index contributed by atoms with van der Waals surface area (Å²) in [6, 6.07) is 4.85. The Morgan fingerprint density at radius 3 is 2.41 bits per heavy atom. The predicted octanol–water partition coefficient (Wildman–Crippen LogP) is 3.54. The van der Waals surface area contributed by atoms with E-state index in [9.17, 15) is 18.0 Å². The van der Waals surface area contributed by atoms with Gasteiger partial charge in [-0.15, -0.1) is 0 Å². The molecule has 234 valence electrons. The van der Waals surface area contributed by atoms with E-state index in [1.54, 1.807) is 50.2 Å². The molecule has 3 aromatic rings.